The topological polar surface area (TPSA) is 83.6 Å². The van der Waals surface area contributed by atoms with Crippen molar-refractivity contribution >= 4 is 7.60 Å². The lowest BCUT2D eigenvalue weighted by Crippen LogP contribution is -2.14. The number of rotatable bonds is 3. The van der Waals surface area contributed by atoms with E-state index < -0.39 is 13.6 Å². The minimum absolute atomic E-state index is 0.309. The smallest absolute Gasteiger partial charge is 0.324 e. The third kappa shape index (κ3) is 3.70. The van der Waals surface area contributed by atoms with Crippen molar-refractivity contribution in [1.29, 1.82) is 0 Å². The molecule has 4 nitrogen and oxygen atoms in total. The fourth-order valence-electron chi connectivity index (χ4n) is 1.06. The van der Waals surface area contributed by atoms with Gasteiger partial charge in [-0.05, 0) is 5.56 Å². The third-order valence-corrected chi connectivity index (χ3v) is 2.53. The Morgan fingerprint density at radius 2 is 1.85 bits per heavy atom. The molecule has 0 heterocycles. The van der Waals surface area contributed by atoms with Crippen LogP contribution in [0.3, 0.4) is 0 Å². The monoisotopic (exact) mass is 201 g/mol. The first-order chi connectivity index (χ1) is 5.99. The first-order valence-electron chi connectivity index (χ1n) is 3.84. The minimum atomic E-state index is -4.01. The average Bonchev–Trinajstić information content (AvgIpc) is 2.03. The molecule has 5 heteroatoms. The summed E-state index contributed by atoms with van der Waals surface area (Å²) in [6.45, 7) is 0. The highest BCUT2D eigenvalue weighted by atomic mass is 31.2. The molecule has 0 spiro atoms. The summed E-state index contributed by atoms with van der Waals surface area (Å²) in [7, 11) is -4.01. The van der Waals surface area contributed by atoms with Crippen LogP contribution < -0.4 is 5.73 Å². The molecular formula is C8H12NO3P. The van der Waals surface area contributed by atoms with Gasteiger partial charge in [-0.1, -0.05) is 30.3 Å². The van der Waals surface area contributed by atoms with E-state index in [4.69, 9.17) is 15.5 Å². The molecule has 1 atom stereocenters. The summed E-state index contributed by atoms with van der Waals surface area (Å²) in [5, 5.41) is 0. The Hall–Kier alpha value is -0.670. The van der Waals surface area contributed by atoms with Gasteiger partial charge in [0.15, 0.2) is 0 Å². The maximum Gasteiger partial charge on any atom is 0.327 e. The van der Waals surface area contributed by atoms with E-state index in [9.17, 15) is 4.57 Å². The lowest BCUT2D eigenvalue weighted by molar-refractivity contribution is 0.369. The Bertz CT molecular complexity index is 308. The molecule has 0 saturated carbocycles. The standard InChI is InChI=1S/C8H12NO3P/c9-8(6-13(10,11)12)7-4-2-1-3-5-7/h1-5,8H,6,9H2,(H2,10,11,12). The Morgan fingerprint density at radius 3 is 2.31 bits per heavy atom. The van der Waals surface area contributed by atoms with E-state index in [0.29, 0.717) is 0 Å². The molecule has 0 fully saturated rings. The molecule has 0 radical (unpaired) electrons. The molecular weight excluding hydrogens is 189 g/mol. The van der Waals surface area contributed by atoms with Gasteiger partial charge < -0.3 is 15.5 Å². The van der Waals surface area contributed by atoms with E-state index >= 15 is 0 Å². The molecule has 0 saturated heterocycles. The zero-order valence-electron chi connectivity index (χ0n) is 7.00. The largest absolute Gasteiger partial charge is 0.327 e. The van der Waals surface area contributed by atoms with Crippen LogP contribution in [0.1, 0.15) is 11.6 Å². The van der Waals surface area contributed by atoms with Gasteiger partial charge in [-0.15, -0.1) is 0 Å². The third-order valence-electron chi connectivity index (χ3n) is 1.66. The van der Waals surface area contributed by atoms with E-state index in [1.165, 1.54) is 0 Å². The normalized spacial score (nSPS) is 14.1. The highest BCUT2D eigenvalue weighted by Crippen LogP contribution is 2.38. The summed E-state index contributed by atoms with van der Waals surface area (Å²) < 4.78 is 10.6. The van der Waals surface area contributed by atoms with Crippen LogP contribution in [0.15, 0.2) is 30.3 Å². The molecule has 72 valence electrons. The van der Waals surface area contributed by atoms with Crippen molar-refractivity contribution in [2.24, 2.45) is 5.73 Å². The van der Waals surface area contributed by atoms with Crippen LogP contribution >= 0.6 is 7.60 Å². The highest BCUT2D eigenvalue weighted by molar-refractivity contribution is 7.51. The molecule has 13 heavy (non-hydrogen) atoms. The van der Waals surface area contributed by atoms with E-state index in [-0.39, 0.29) is 6.16 Å². The molecule has 0 aromatic heterocycles. The molecule has 0 bridgehead atoms. The number of benzene rings is 1. The average molecular weight is 201 g/mol. The molecule has 1 unspecified atom stereocenters. The van der Waals surface area contributed by atoms with Gasteiger partial charge in [-0.2, -0.15) is 0 Å². The predicted octanol–water partition coefficient (Wildman–Crippen LogP) is 0.864. The van der Waals surface area contributed by atoms with Crippen molar-refractivity contribution in [2.45, 2.75) is 6.04 Å². The first kappa shape index (κ1) is 10.4. The summed E-state index contributed by atoms with van der Waals surface area (Å²) in [6, 6.07) is 8.31. The van der Waals surface area contributed by atoms with Crippen LogP contribution in [0.4, 0.5) is 0 Å². The molecule has 0 aliphatic carbocycles. The molecule has 1 rings (SSSR count). The molecule has 4 N–H and O–H groups in total. The van der Waals surface area contributed by atoms with Gasteiger partial charge in [0.2, 0.25) is 0 Å². The fourth-order valence-corrected chi connectivity index (χ4v) is 1.79. The number of nitrogens with two attached hydrogens (primary N) is 1. The van der Waals surface area contributed by atoms with E-state index in [0.717, 1.165) is 5.56 Å². The summed E-state index contributed by atoms with van der Waals surface area (Å²) in [6.07, 6.45) is -0.309. The maximum atomic E-state index is 10.6. The van der Waals surface area contributed by atoms with Crippen molar-refractivity contribution in [3.63, 3.8) is 0 Å². The van der Waals surface area contributed by atoms with Crippen LogP contribution in [0, 0.1) is 0 Å². The van der Waals surface area contributed by atoms with Crippen LogP contribution in [-0.2, 0) is 4.57 Å². The van der Waals surface area contributed by atoms with Crippen molar-refractivity contribution in [3.05, 3.63) is 35.9 Å². The predicted molar refractivity (Wildman–Crippen MR) is 50.3 cm³/mol. The quantitative estimate of drug-likeness (QED) is 0.633. The Balaban J connectivity index is 2.70. The van der Waals surface area contributed by atoms with Crippen molar-refractivity contribution < 1.29 is 14.4 Å². The van der Waals surface area contributed by atoms with Gasteiger partial charge in [0.05, 0.1) is 6.16 Å². The number of hydrogen-bond acceptors (Lipinski definition) is 2. The van der Waals surface area contributed by atoms with E-state index in [2.05, 4.69) is 0 Å². The molecule has 1 aromatic carbocycles. The zero-order valence-corrected chi connectivity index (χ0v) is 7.89. The second-order valence-electron chi connectivity index (χ2n) is 2.86. The van der Waals surface area contributed by atoms with Gasteiger partial charge in [0.25, 0.3) is 0 Å². The first-order valence-corrected chi connectivity index (χ1v) is 5.64. The van der Waals surface area contributed by atoms with Gasteiger partial charge in [-0.3, -0.25) is 4.57 Å². The highest BCUT2D eigenvalue weighted by Gasteiger charge is 2.19. The zero-order chi connectivity index (χ0) is 9.90. The van der Waals surface area contributed by atoms with Crippen LogP contribution in [-0.4, -0.2) is 15.9 Å². The summed E-state index contributed by atoms with van der Waals surface area (Å²) >= 11 is 0. The lowest BCUT2D eigenvalue weighted by atomic mass is 10.1. The van der Waals surface area contributed by atoms with Crippen LogP contribution in [0.25, 0.3) is 0 Å². The van der Waals surface area contributed by atoms with Gasteiger partial charge in [-0.25, -0.2) is 0 Å². The van der Waals surface area contributed by atoms with E-state index in [1.54, 1.807) is 24.3 Å². The fraction of sp³-hybridized carbons (Fsp3) is 0.250. The Labute approximate surface area is 76.6 Å². The second kappa shape index (κ2) is 4.03. The Kier molecular flexibility index (Phi) is 3.22. The molecule has 0 amide bonds. The molecule has 1 aromatic rings. The summed E-state index contributed by atoms with van der Waals surface area (Å²) in [5.74, 6) is 0. The van der Waals surface area contributed by atoms with Crippen molar-refractivity contribution in [3.8, 4) is 0 Å². The maximum absolute atomic E-state index is 10.6. The van der Waals surface area contributed by atoms with Gasteiger partial charge in [0.1, 0.15) is 0 Å². The lowest BCUT2D eigenvalue weighted by Gasteiger charge is -2.12. The van der Waals surface area contributed by atoms with Crippen molar-refractivity contribution in [1.82, 2.24) is 0 Å². The summed E-state index contributed by atoms with van der Waals surface area (Å²) in [5.41, 5.74) is 6.33. The SMILES string of the molecule is NC(CP(=O)(O)O)c1ccccc1. The van der Waals surface area contributed by atoms with Gasteiger partial charge >= 0.3 is 7.60 Å². The van der Waals surface area contributed by atoms with Crippen LogP contribution in [0.5, 0.6) is 0 Å². The summed E-state index contributed by atoms with van der Waals surface area (Å²) in [4.78, 5) is 17.4. The minimum Gasteiger partial charge on any atom is -0.324 e. The van der Waals surface area contributed by atoms with Crippen LogP contribution in [0.2, 0.25) is 0 Å². The van der Waals surface area contributed by atoms with Crippen molar-refractivity contribution in [2.75, 3.05) is 6.16 Å². The Morgan fingerprint density at radius 1 is 1.31 bits per heavy atom. The molecule has 0 aliphatic rings. The van der Waals surface area contributed by atoms with Gasteiger partial charge in [0, 0.05) is 6.04 Å². The number of hydrogen-bond donors (Lipinski definition) is 3. The molecule has 0 aliphatic heterocycles. The van der Waals surface area contributed by atoms with E-state index in [1.807, 2.05) is 6.07 Å². The second-order valence-corrected chi connectivity index (χ2v) is 4.56.